The van der Waals surface area contributed by atoms with Crippen molar-refractivity contribution in [2.75, 3.05) is 25.5 Å². The first-order valence-corrected chi connectivity index (χ1v) is 9.42. The molecule has 2 N–H and O–H groups in total. The fourth-order valence-electron chi connectivity index (χ4n) is 3.84. The topological polar surface area (TPSA) is 87.5 Å². The number of hydrogen-bond donors (Lipinski definition) is 2. The van der Waals surface area contributed by atoms with Gasteiger partial charge in [-0.05, 0) is 42.8 Å². The molecule has 1 aliphatic rings. The first-order chi connectivity index (χ1) is 14.3. The molecular formula is C20H21F3N4O3. The van der Waals surface area contributed by atoms with Gasteiger partial charge in [0, 0.05) is 31.3 Å². The molecule has 0 spiro atoms. The molecule has 1 heterocycles. The molecule has 30 heavy (non-hydrogen) atoms. The summed E-state index contributed by atoms with van der Waals surface area (Å²) in [5, 5.41) is 17.0. The number of carbonyl (C=O) groups excluding carboxylic acids is 1. The van der Waals surface area contributed by atoms with Gasteiger partial charge in [0.15, 0.2) is 17.5 Å². The second kappa shape index (κ2) is 8.70. The lowest BCUT2D eigenvalue weighted by Gasteiger charge is -2.29. The minimum Gasteiger partial charge on any atom is -0.375 e. The average molecular weight is 422 g/mol. The summed E-state index contributed by atoms with van der Waals surface area (Å²) < 4.78 is 41.0. The number of benzene rings is 2. The number of rotatable bonds is 6. The zero-order valence-electron chi connectivity index (χ0n) is 16.4. The van der Waals surface area contributed by atoms with Gasteiger partial charge in [-0.3, -0.25) is 19.8 Å². The molecule has 2 aromatic carbocycles. The highest BCUT2D eigenvalue weighted by Crippen LogP contribution is 2.37. The van der Waals surface area contributed by atoms with E-state index in [1.807, 2.05) is 11.8 Å². The fourth-order valence-corrected chi connectivity index (χ4v) is 3.84. The van der Waals surface area contributed by atoms with Crippen molar-refractivity contribution in [2.24, 2.45) is 0 Å². The molecule has 1 saturated heterocycles. The van der Waals surface area contributed by atoms with E-state index >= 15 is 0 Å². The van der Waals surface area contributed by atoms with Crippen molar-refractivity contribution in [3.8, 4) is 0 Å². The standard InChI is InChI=1S/C20H21F3N4O3/c1-3-26-7-6-16(19(26)12-8-13(21)18(23)14(22)9-12)25-15-5-4-11(20(28)24-2)10-17(15)27(29)30/h4-5,8-10,16,19,25H,3,6-7H2,1-2H3,(H,24,28). The highest BCUT2D eigenvalue weighted by molar-refractivity contribution is 5.95. The molecule has 2 aromatic rings. The first-order valence-electron chi connectivity index (χ1n) is 9.42. The van der Waals surface area contributed by atoms with Crippen LogP contribution in [0.25, 0.3) is 0 Å². The molecule has 2 atom stereocenters. The van der Waals surface area contributed by atoms with E-state index in [1.54, 1.807) is 0 Å². The Morgan fingerprint density at radius 2 is 1.90 bits per heavy atom. The van der Waals surface area contributed by atoms with Crippen LogP contribution in [0, 0.1) is 27.6 Å². The number of amides is 1. The van der Waals surface area contributed by atoms with Crippen LogP contribution in [0.1, 0.15) is 35.3 Å². The molecule has 10 heteroatoms. The maximum atomic E-state index is 13.8. The molecule has 3 rings (SSSR count). The number of carbonyl (C=O) groups is 1. The monoisotopic (exact) mass is 422 g/mol. The van der Waals surface area contributed by atoms with Gasteiger partial charge >= 0.3 is 0 Å². The Morgan fingerprint density at radius 3 is 2.47 bits per heavy atom. The number of likely N-dealkylation sites (tertiary alicyclic amines) is 1. The molecule has 0 saturated carbocycles. The molecule has 0 aliphatic carbocycles. The van der Waals surface area contributed by atoms with E-state index in [0.717, 1.165) is 12.1 Å². The number of likely N-dealkylation sites (N-methyl/N-ethyl adjacent to an activating group) is 1. The third-order valence-electron chi connectivity index (χ3n) is 5.28. The molecular weight excluding hydrogens is 401 g/mol. The predicted octanol–water partition coefficient (Wildman–Crippen LogP) is 3.62. The lowest BCUT2D eigenvalue weighted by molar-refractivity contribution is -0.384. The van der Waals surface area contributed by atoms with E-state index in [0.29, 0.717) is 19.5 Å². The summed E-state index contributed by atoms with van der Waals surface area (Å²) in [5.74, 6) is -4.57. The Hall–Kier alpha value is -3.14. The van der Waals surface area contributed by atoms with E-state index in [-0.39, 0.29) is 22.5 Å². The van der Waals surface area contributed by atoms with Gasteiger partial charge in [-0.1, -0.05) is 6.92 Å². The van der Waals surface area contributed by atoms with E-state index in [9.17, 15) is 28.1 Å². The van der Waals surface area contributed by atoms with Crippen molar-refractivity contribution >= 4 is 17.3 Å². The molecule has 0 aromatic heterocycles. The summed E-state index contributed by atoms with van der Waals surface area (Å²) in [4.78, 5) is 24.7. The average Bonchev–Trinajstić information content (AvgIpc) is 3.13. The quantitative estimate of drug-likeness (QED) is 0.422. The van der Waals surface area contributed by atoms with Crippen molar-refractivity contribution in [1.82, 2.24) is 10.2 Å². The smallest absolute Gasteiger partial charge is 0.293 e. The van der Waals surface area contributed by atoms with Gasteiger partial charge in [-0.2, -0.15) is 0 Å². The van der Waals surface area contributed by atoms with Crippen LogP contribution in [0.2, 0.25) is 0 Å². The van der Waals surface area contributed by atoms with Crippen LogP contribution in [0.5, 0.6) is 0 Å². The SMILES string of the molecule is CCN1CCC(Nc2ccc(C(=O)NC)cc2[N+](=O)[O-])C1c1cc(F)c(F)c(F)c1. The van der Waals surface area contributed by atoms with Gasteiger partial charge in [-0.15, -0.1) is 0 Å². The molecule has 1 fully saturated rings. The predicted molar refractivity (Wildman–Crippen MR) is 105 cm³/mol. The summed E-state index contributed by atoms with van der Waals surface area (Å²) in [6.07, 6.45) is 0.549. The number of halogens is 3. The molecule has 2 unspecified atom stereocenters. The molecule has 1 aliphatic heterocycles. The second-order valence-corrected chi connectivity index (χ2v) is 6.98. The number of nitrogens with zero attached hydrogens (tertiary/aromatic N) is 2. The third-order valence-corrected chi connectivity index (χ3v) is 5.28. The van der Waals surface area contributed by atoms with Crippen molar-refractivity contribution in [1.29, 1.82) is 0 Å². The Balaban J connectivity index is 1.97. The van der Waals surface area contributed by atoms with Crippen LogP contribution in [0.3, 0.4) is 0 Å². The van der Waals surface area contributed by atoms with Crippen molar-refractivity contribution in [3.63, 3.8) is 0 Å². The maximum Gasteiger partial charge on any atom is 0.293 e. The van der Waals surface area contributed by atoms with E-state index in [4.69, 9.17) is 0 Å². The normalized spacial score (nSPS) is 19.0. The van der Waals surface area contributed by atoms with Gasteiger partial charge in [0.2, 0.25) is 0 Å². The van der Waals surface area contributed by atoms with Gasteiger partial charge in [0.25, 0.3) is 11.6 Å². The molecule has 7 nitrogen and oxygen atoms in total. The number of hydrogen-bond acceptors (Lipinski definition) is 5. The molecule has 160 valence electrons. The number of anilines is 1. The molecule has 1 amide bonds. The lowest BCUT2D eigenvalue weighted by Crippen LogP contribution is -2.31. The van der Waals surface area contributed by atoms with Gasteiger partial charge in [-0.25, -0.2) is 13.2 Å². The van der Waals surface area contributed by atoms with Crippen molar-refractivity contribution in [3.05, 3.63) is 69.0 Å². The Morgan fingerprint density at radius 1 is 1.23 bits per heavy atom. The van der Waals surface area contributed by atoms with E-state index in [1.165, 1.54) is 25.2 Å². The summed E-state index contributed by atoms with van der Waals surface area (Å²) >= 11 is 0. The first kappa shape index (κ1) is 21.6. The van der Waals surface area contributed by atoms with Crippen LogP contribution in [0.15, 0.2) is 30.3 Å². The lowest BCUT2D eigenvalue weighted by atomic mass is 9.98. The zero-order chi connectivity index (χ0) is 22.0. The summed E-state index contributed by atoms with van der Waals surface area (Å²) in [5.41, 5.74) is 0.272. The van der Waals surface area contributed by atoms with Gasteiger partial charge in [0.1, 0.15) is 5.69 Å². The van der Waals surface area contributed by atoms with Crippen molar-refractivity contribution < 1.29 is 22.9 Å². The number of nitro benzene ring substituents is 1. The third kappa shape index (κ3) is 4.09. The Bertz CT molecular complexity index is 963. The van der Waals surface area contributed by atoms with Crippen molar-refractivity contribution in [2.45, 2.75) is 25.4 Å². The van der Waals surface area contributed by atoms with Crippen LogP contribution in [-0.2, 0) is 0 Å². The van der Waals surface area contributed by atoms with Crippen LogP contribution >= 0.6 is 0 Å². The van der Waals surface area contributed by atoms with E-state index in [2.05, 4.69) is 10.6 Å². The maximum absolute atomic E-state index is 13.8. The zero-order valence-corrected chi connectivity index (χ0v) is 16.4. The molecule has 0 bridgehead atoms. The highest BCUT2D eigenvalue weighted by Gasteiger charge is 2.36. The second-order valence-electron chi connectivity index (χ2n) is 6.98. The number of nitro groups is 1. The van der Waals surface area contributed by atoms with Crippen LogP contribution < -0.4 is 10.6 Å². The summed E-state index contributed by atoms with van der Waals surface area (Å²) in [7, 11) is 1.42. The van der Waals surface area contributed by atoms with Crippen LogP contribution in [-0.4, -0.2) is 41.9 Å². The fraction of sp³-hybridized carbons (Fsp3) is 0.350. The minimum absolute atomic E-state index is 0.135. The van der Waals surface area contributed by atoms with E-state index < -0.39 is 40.4 Å². The Kier molecular flexibility index (Phi) is 6.25. The summed E-state index contributed by atoms with van der Waals surface area (Å²) in [6, 6.07) is 5.02. The van der Waals surface area contributed by atoms with Crippen LogP contribution in [0.4, 0.5) is 24.5 Å². The number of nitrogens with one attached hydrogen (secondary N) is 2. The molecule has 0 radical (unpaired) electrons. The summed E-state index contributed by atoms with van der Waals surface area (Å²) in [6.45, 7) is 3.04. The highest BCUT2D eigenvalue weighted by atomic mass is 19.2. The Labute approximate surface area is 171 Å². The minimum atomic E-state index is -1.54. The van der Waals surface area contributed by atoms with Gasteiger partial charge < -0.3 is 10.6 Å². The largest absolute Gasteiger partial charge is 0.375 e. The van der Waals surface area contributed by atoms with Gasteiger partial charge in [0.05, 0.1) is 11.0 Å².